The van der Waals surface area contributed by atoms with Crippen LogP contribution in [0, 0.1) is 12.8 Å². The van der Waals surface area contributed by atoms with Gasteiger partial charge in [0.2, 0.25) is 0 Å². The van der Waals surface area contributed by atoms with Crippen molar-refractivity contribution in [3.63, 3.8) is 0 Å². The van der Waals surface area contributed by atoms with Crippen molar-refractivity contribution in [3.05, 3.63) is 65.6 Å². The molecular formula is C33H42N4O5S. The third kappa shape index (κ3) is 6.80. The summed E-state index contributed by atoms with van der Waals surface area (Å²) in [7, 11) is -3.76. The van der Waals surface area contributed by atoms with Crippen molar-refractivity contribution in [1.82, 2.24) is 19.7 Å². The van der Waals surface area contributed by atoms with E-state index >= 15 is 0 Å². The largest absolute Gasteiger partial charge is 0.444 e. The molecule has 1 amide bonds. The van der Waals surface area contributed by atoms with Crippen molar-refractivity contribution < 1.29 is 22.1 Å². The van der Waals surface area contributed by atoms with Gasteiger partial charge >= 0.3 is 6.09 Å². The fourth-order valence-electron chi connectivity index (χ4n) is 6.12. The van der Waals surface area contributed by atoms with E-state index in [0.717, 1.165) is 61.0 Å². The molecule has 2 aromatic heterocycles. The summed E-state index contributed by atoms with van der Waals surface area (Å²) in [6.07, 6.45) is 9.41. The Morgan fingerprint density at radius 3 is 2.35 bits per heavy atom. The summed E-state index contributed by atoms with van der Waals surface area (Å²) in [5.74, 6) is 0.931. The molecule has 0 radical (unpaired) electrons. The smallest absolute Gasteiger partial charge is 0.410 e. The minimum Gasteiger partial charge on any atom is -0.444 e. The van der Waals surface area contributed by atoms with Crippen LogP contribution in [0.15, 0.2) is 53.7 Å². The second-order valence-corrected chi connectivity index (χ2v) is 15.0. The Balaban J connectivity index is 1.12. The lowest BCUT2D eigenvalue weighted by molar-refractivity contribution is 0.0205. The maximum atomic E-state index is 12.6. The molecule has 3 heterocycles. The molecule has 2 aliphatic carbocycles. The van der Waals surface area contributed by atoms with Gasteiger partial charge in [-0.2, -0.15) is 13.5 Å². The van der Waals surface area contributed by atoms with Crippen LogP contribution in [0.1, 0.15) is 94.0 Å². The zero-order valence-electron chi connectivity index (χ0n) is 25.5. The maximum Gasteiger partial charge on any atom is 0.410 e. The fourth-order valence-corrected chi connectivity index (χ4v) is 7.09. The number of pyridine rings is 1. The van der Waals surface area contributed by atoms with E-state index in [0.29, 0.717) is 24.9 Å². The van der Waals surface area contributed by atoms with Crippen molar-refractivity contribution in [2.75, 3.05) is 19.7 Å². The number of amides is 1. The lowest BCUT2D eigenvalue weighted by Gasteiger charge is -2.35. The maximum absolute atomic E-state index is 12.6. The Bertz CT molecular complexity index is 1560. The monoisotopic (exact) mass is 606 g/mol. The Labute approximate surface area is 254 Å². The SMILES string of the molecule is Cc1ccc(S(=O)(=O)OC[C@H]2C[C@H](n3cc(-c4ncccc4C4CCN(C(=O)OC(C)(C)C)CC4)c(C4CC4)n3)C2)cc1. The quantitative estimate of drug-likeness (QED) is 0.266. The van der Waals surface area contributed by atoms with Crippen LogP contribution in [0.3, 0.4) is 0 Å². The van der Waals surface area contributed by atoms with Gasteiger partial charge in [-0.3, -0.25) is 13.8 Å². The Hall–Kier alpha value is -3.24. The van der Waals surface area contributed by atoms with E-state index < -0.39 is 15.7 Å². The second kappa shape index (κ2) is 11.7. The molecule has 0 N–H and O–H groups in total. The number of aryl methyl sites for hydroxylation is 1. The van der Waals surface area contributed by atoms with E-state index in [4.69, 9.17) is 19.0 Å². The average molecular weight is 607 g/mol. The van der Waals surface area contributed by atoms with Crippen molar-refractivity contribution in [3.8, 4) is 11.3 Å². The molecule has 0 atom stereocenters. The van der Waals surface area contributed by atoms with Crippen LogP contribution in [0.2, 0.25) is 0 Å². The van der Waals surface area contributed by atoms with Gasteiger partial charge in [-0.1, -0.05) is 23.8 Å². The predicted molar refractivity (Wildman–Crippen MR) is 163 cm³/mol. The van der Waals surface area contributed by atoms with Crippen LogP contribution in [-0.4, -0.2) is 59.5 Å². The van der Waals surface area contributed by atoms with Gasteiger partial charge in [-0.05, 0) is 102 Å². The number of hydrogen-bond acceptors (Lipinski definition) is 7. The zero-order chi connectivity index (χ0) is 30.4. The molecule has 1 aliphatic heterocycles. The summed E-state index contributed by atoms with van der Waals surface area (Å²) in [5, 5.41) is 5.07. The second-order valence-electron chi connectivity index (χ2n) is 13.4. The number of benzene rings is 1. The van der Waals surface area contributed by atoms with Crippen LogP contribution >= 0.6 is 0 Å². The van der Waals surface area contributed by atoms with Crippen LogP contribution in [0.4, 0.5) is 4.79 Å². The summed E-state index contributed by atoms with van der Waals surface area (Å²) >= 11 is 0. The van der Waals surface area contributed by atoms with Gasteiger partial charge in [0.1, 0.15) is 5.60 Å². The summed E-state index contributed by atoms with van der Waals surface area (Å²) < 4.78 is 38.3. The van der Waals surface area contributed by atoms with Gasteiger partial charge in [0.05, 0.1) is 28.9 Å². The third-order valence-electron chi connectivity index (χ3n) is 8.76. The first-order valence-electron chi connectivity index (χ1n) is 15.5. The number of likely N-dealkylation sites (tertiary alicyclic amines) is 1. The van der Waals surface area contributed by atoms with Crippen LogP contribution in [0.25, 0.3) is 11.3 Å². The molecule has 43 heavy (non-hydrogen) atoms. The number of carbonyl (C=O) groups is 1. The molecule has 6 rings (SSSR count). The van der Waals surface area contributed by atoms with E-state index in [-0.39, 0.29) is 29.6 Å². The van der Waals surface area contributed by atoms with Crippen molar-refractivity contribution >= 4 is 16.2 Å². The Morgan fingerprint density at radius 2 is 1.70 bits per heavy atom. The van der Waals surface area contributed by atoms with Crippen molar-refractivity contribution in [2.45, 2.75) is 94.6 Å². The van der Waals surface area contributed by atoms with E-state index in [1.807, 2.05) is 44.9 Å². The molecule has 3 aliphatic rings. The third-order valence-corrected chi connectivity index (χ3v) is 10.1. The zero-order valence-corrected chi connectivity index (χ0v) is 26.3. The van der Waals surface area contributed by atoms with Gasteiger partial charge < -0.3 is 9.64 Å². The van der Waals surface area contributed by atoms with E-state index in [1.165, 1.54) is 5.56 Å². The van der Waals surface area contributed by atoms with Gasteiger partial charge in [-0.25, -0.2) is 4.79 Å². The highest BCUT2D eigenvalue weighted by atomic mass is 32.2. The molecule has 9 nitrogen and oxygen atoms in total. The number of ether oxygens (including phenoxy) is 1. The first-order chi connectivity index (χ1) is 20.5. The number of hydrogen-bond donors (Lipinski definition) is 0. The first kappa shape index (κ1) is 29.8. The standard InChI is InChI=1S/C33H42N4O5S/c1-22-7-11-27(12-8-22)43(39,40)41-21-23-18-26(19-23)37-20-29(30(35-37)25-9-10-25)31-28(6-5-15-34-31)24-13-16-36(17-14-24)32(38)42-33(2,3)4/h5-8,11-12,15,20,23-26H,9-10,13-14,16-19,21H2,1-4H3/t23-,26-. The molecule has 0 unspecified atom stereocenters. The Kier molecular flexibility index (Phi) is 8.10. The number of rotatable bonds is 8. The molecule has 3 fully saturated rings. The number of aromatic nitrogens is 3. The van der Waals surface area contributed by atoms with Gasteiger partial charge in [0.15, 0.2) is 0 Å². The molecule has 2 saturated carbocycles. The lowest BCUT2D eigenvalue weighted by atomic mass is 9.81. The molecule has 10 heteroatoms. The topological polar surface area (TPSA) is 104 Å². The normalized spacial score (nSPS) is 21.4. The molecule has 1 saturated heterocycles. The summed E-state index contributed by atoms with van der Waals surface area (Å²) in [4.78, 5) is 19.5. The highest BCUT2D eigenvalue weighted by molar-refractivity contribution is 7.86. The number of nitrogens with zero attached hydrogens (tertiary/aromatic N) is 4. The minimum absolute atomic E-state index is 0.169. The van der Waals surface area contributed by atoms with E-state index in [1.54, 1.807) is 24.3 Å². The van der Waals surface area contributed by atoms with Gasteiger partial charge in [-0.15, -0.1) is 0 Å². The summed E-state index contributed by atoms with van der Waals surface area (Å²) in [6, 6.07) is 11.1. The molecule has 0 spiro atoms. The van der Waals surface area contributed by atoms with Crippen LogP contribution in [0.5, 0.6) is 0 Å². The Morgan fingerprint density at radius 1 is 1.00 bits per heavy atom. The number of carbonyl (C=O) groups excluding carboxylic acids is 1. The highest BCUT2D eigenvalue weighted by Crippen LogP contribution is 2.47. The number of piperidine rings is 1. The van der Waals surface area contributed by atoms with Crippen molar-refractivity contribution in [1.29, 1.82) is 0 Å². The van der Waals surface area contributed by atoms with Gasteiger partial charge in [0.25, 0.3) is 10.1 Å². The molecular weight excluding hydrogens is 564 g/mol. The van der Waals surface area contributed by atoms with Crippen LogP contribution < -0.4 is 0 Å². The lowest BCUT2D eigenvalue weighted by Crippen LogP contribution is -2.41. The van der Waals surface area contributed by atoms with Crippen molar-refractivity contribution in [2.24, 2.45) is 5.92 Å². The highest BCUT2D eigenvalue weighted by Gasteiger charge is 2.37. The van der Waals surface area contributed by atoms with Crippen LogP contribution in [-0.2, 0) is 19.0 Å². The molecule has 3 aromatic rings. The van der Waals surface area contributed by atoms with E-state index in [9.17, 15) is 13.2 Å². The van der Waals surface area contributed by atoms with E-state index in [2.05, 4.69) is 16.9 Å². The average Bonchev–Trinajstić information content (AvgIpc) is 3.70. The minimum atomic E-state index is -3.76. The summed E-state index contributed by atoms with van der Waals surface area (Å²) in [6.45, 7) is 9.11. The fraction of sp³-hybridized carbons (Fsp3) is 0.545. The molecule has 230 valence electrons. The molecule has 1 aromatic carbocycles. The first-order valence-corrected chi connectivity index (χ1v) is 16.9. The van der Waals surface area contributed by atoms with Gasteiger partial charge in [0, 0.05) is 37.0 Å². The predicted octanol–water partition coefficient (Wildman–Crippen LogP) is 6.60. The summed E-state index contributed by atoms with van der Waals surface area (Å²) in [5.41, 5.74) is 4.94. The molecule has 0 bridgehead atoms.